The van der Waals surface area contributed by atoms with E-state index in [-0.39, 0.29) is 11.5 Å². The van der Waals surface area contributed by atoms with Crippen LogP contribution in [0.1, 0.15) is 12.5 Å². The summed E-state index contributed by atoms with van der Waals surface area (Å²) in [5.41, 5.74) is 2.25. The molecule has 0 aliphatic rings. The summed E-state index contributed by atoms with van der Waals surface area (Å²) >= 11 is 1.54. The minimum absolute atomic E-state index is 0.0383. The molecular weight excluding hydrogens is 561 g/mol. The molecule has 14 heteroatoms. The molecular formula is C25H26N6O5S3. The number of nitrogens with two attached hydrogens (primary N) is 1. The van der Waals surface area contributed by atoms with Crippen LogP contribution in [-0.4, -0.2) is 41.2 Å². The van der Waals surface area contributed by atoms with E-state index in [9.17, 15) is 17.4 Å². The van der Waals surface area contributed by atoms with Crippen LogP contribution in [0.4, 0.5) is 22.2 Å². The van der Waals surface area contributed by atoms with E-state index >= 15 is 0 Å². The summed E-state index contributed by atoms with van der Waals surface area (Å²) in [5.74, 6) is 4.50. The van der Waals surface area contributed by atoms with E-state index in [1.165, 1.54) is 12.1 Å². The Morgan fingerprint density at radius 1 is 1.05 bits per heavy atom. The Balaban J connectivity index is 1.52. The van der Waals surface area contributed by atoms with Crippen molar-refractivity contribution in [2.45, 2.75) is 23.3 Å². The molecule has 1 unspecified atom stereocenters. The fourth-order valence-corrected chi connectivity index (χ4v) is 5.69. The monoisotopic (exact) mass is 586 g/mol. The van der Waals surface area contributed by atoms with Crippen LogP contribution in [0, 0.1) is 0 Å². The van der Waals surface area contributed by atoms with Crippen molar-refractivity contribution in [1.82, 2.24) is 14.7 Å². The van der Waals surface area contributed by atoms with Crippen LogP contribution in [0.3, 0.4) is 0 Å². The predicted octanol–water partition coefficient (Wildman–Crippen LogP) is 3.94. The lowest BCUT2D eigenvalue weighted by Gasteiger charge is -2.14. The maximum absolute atomic E-state index is 12.8. The molecule has 204 valence electrons. The normalized spacial score (nSPS) is 12.8. The average Bonchev–Trinajstić information content (AvgIpc) is 3.42. The number of benzene rings is 2. The number of nitrogens with zero attached hydrogens (tertiary/aromatic N) is 2. The number of aromatic nitrogens is 2. The number of thiophene rings is 1. The van der Waals surface area contributed by atoms with Crippen molar-refractivity contribution in [2.24, 2.45) is 5.14 Å². The lowest BCUT2D eigenvalue weighted by Crippen LogP contribution is -2.30. The van der Waals surface area contributed by atoms with Crippen LogP contribution < -0.4 is 20.5 Å². The van der Waals surface area contributed by atoms with Gasteiger partial charge in [-0.25, -0.2) is 32.3 Å². The van der Waals surface area contributed by atoms with E-state index in [0.29, 0.717) is 28.9 Å². The summed E-state index contributed by atoms with van der Waals surface area (Å²) in [6.45, 7) is 2.17. The van der Waals surface area contributed by atoms with E-state index in [1.54, 1.807) is 60.9 Å². The first-order valence-electron chi connectivity index (χ1n) is 11.5. The summed E-state index contributed by atoms with van der Waals surface area (Å²) in [6, 6.07) is 16.7. The molecule has 0 radical (unpaired) electrons. The molecule has 0 aliphatic heterocycles. The summed E-state index contributed by atoms with van der Waals surface area (Å²) in [4.78, 5) is 22.1. The molecule has 2 aromatic heterocycles. The highest BCUT2D eigenvalue weighted by Crippen LogP contribution is 2.31. The van der Waals surface area contributed by atoms with Gasteiger partial charge < -0.3 is 15.4 Å². The molecule has 0 spiro atoms. The van der Waals surface area contributed by atoms with Crippen molar-refractivity contribution >= 4 is 60.5 Å². The van der Waals surface area contributed by atoms with Crippen LogP contribution >= 0.6 is 11.3 Å². The summed E-state index contributed by atoms with van der Waals surface area (Å²) < 4.78 is 42.9. The number of sulfonamides is 1. The summed E-state index contributed by atoms with van der Waals surface area (Å²) in [7, 11) is -6.85. The van der Waals surface area contributed by atoms with E-state index < -0.39 is 25.8 Å². The zero-order valence-corrected chi connectivity index (χ0v) is 23.2. The number of amides is 1. The SMILES string of the molecule is C=S(=O)(NC(=O)OCC)c1ccc(Nc2ncc(-c3cccs3)c(NCc3ccc(S(N)(=O)=O)cc3)n2)cc1. The van der Waals surface area contributed by atoms with Gasteiger partial charge in [-0.15, -0.1) is 11.3 Å². The minimum atomic E-state index is -3.77. The number of rotatable bonds is 10. The number of carbonyl (C=O) groups excluding carboxylic acids is 1. The number of nitrogens with one attached hydrogen (secondary N) is 3. The molecule has 5 N–H and O–H groups in total. The van der Waals surface area contributed by atoms with Gasteiger partial charge in [0.1, 0.15) is 5.82 Å². The van der Waals surface area contributed by atoms with Gasteiger partial charge >= 0.3 is 6.09 Å². The van der Waals surface area contributed by atoms with Crippen molar-refractivity contribution in [3.63, 3.8) is 0 Å². The van der Waals surface area contributed by atoms with Crippen LogP contribution in [0.5, 0.6) is 0 Å². The van der Waals surface area contributed by atoms with Crippen molar-refractivity contribution in [3.05, 3.63) is 77.8 Å². The summed E-state index contributed by atoms with van der Waals surface area (Å²) in [5, 5.41) is 13.5. The Kier molecular flexibility index (Phi) is 8.50. The smallest absolute Gasteiger partial charge is 0.418 e. The largest absolute Gasteiger partial charge is 0.449 e. The van der Waals surface area contributed by atoms with Crippen LogP contribution in [0.2, 0.25) is 0 Å². The highest BCUT2D eigenvalue weighted by molar-refractivity contribution is 7.99. The number of ether oxygens (including phenoxy) is 1. The topological polar surface area (TPSA) is 165 Å². The third-order valence-electron chi connectivity index (χ3n) is 5.30. The Labute approximate surface area is 230 Å². The van der Waals surface area contributed by atoms with Gasteiger partial charge in [0.15, 0.2) is 0 Å². The van der Waals surface area contributed by atoms with Crippen molar-refractivity contribution in [3.8, 4) is 10.4 Å². The van der Waals surface area contributed by atoms with Crippen molar-refractivity contribution < 1.29 is 22.2 Å². The van der Waals surface area contributed by atoms with Gasteiger partial charge in [-0.3, -0.25) is 0 Å². The molecule has 0 saturated heterocycles. The highest BCUT2D eigenvalue weighted by atomic mass is 32.2. The van der Waals surface area contributed by atoms with Crippen molar-refractivity contribution in [2.75, 3.05) is 17.2 Å². The van der Waals surface area contributed by atoms with E-state index in [4.69, 9.17) is 9.88 Å². The second kappa shape index (κ2) is 11.8. The second-order valence-corrected chi connectivity index (χ2v) is 12.7. The van der Waals surface area contributed by atoms with Gasteiger partial charge in [-0.1, -0.05) is 18.2 Å². The first kappa shape index (κ1) is 28.0. The second-order valence-electron chi connectivity index (χ2n) is 8.12. The molecule has 2 heterocycles. The number of hydrogen-bond acceptors (Lipinski definition) is 10. The number of carbonyl (C=O) groups is 1. The first-order valence-corrected chi connectivity index (χ1v) is 15.7. The Morgan fingerprint density at radius 3 is 2.36 bits per heavy atom. The fourth-order valence-electron chi connectivity index (χ4n) is 3.41. The lowest BCUT2D eigenvalue weighted by molar-refractivity contribution is 0.159. The third-order valence-corrected chi connectivity index (χ3v) is 8.66. The van der Waals surface area contributed by atoms with Gasteiger partial charge in [0, 0.05) is 28.2 Å². The third kappa shape index (κ3) is 7.32. The van der Waals surface area contributed by atoms with Gasteiger partial charge in [0.05, 0.1) is 26.8 Å². The molecule has 0 fully saturated rings. The van der Waals surface area contributed by atoms with E-state index in [1.807, 2.05) is 17.5 Å². The molecule has 1 amide bonds. The maximum atomic E-state index is 12.8. The molecule has 0 aliphatic carbocycles. The Hall–Kier alpha value is -3.98. The lowest BCUT2D eigenvalue weighted by atomic mass is 10.2. The van der Waals surface area contributed by atoms with Gasteiger partial charge in [0.25, 0.3) is 0 Å². The quantitative estimate of drug-likeness (QED) is 0.201. The number of primary sulfonamides is 1. The minimum Gasteiger partial charge on any atom is -0.449 e. The molecule has 4 rings (SSSR count). The molecule has 11 nitrogen and oxygen atoms in total. The zero-order chi connectivity index (χ0) is 28.0. The fraction of sp³-hybridized carbons (Fsp3) is 0.120. The maximum Gasteiger partial charge on any atom is 0.418 e. The Morgan fingerprint density at radius 2 is 1.74 bits per heavy atom. The van der Waals surface area contributed by atoms with Gasteiger partial charge in [0.2, 0.25) is 16.0 Å². The number of anilines is 3. The molecule has 1 atom stereocenters. The predicted molar refractivity (Wildman–Crippen MR) is 154 cm³/mol. The average molecular weight is 587 g/mol. The van der Waals surface area contributed by atoms with Crippen LogP contribution in [-0.2, 0) is 31.0 Å². The molecule has 2 aromatic carbocycles. The standard InChI is InChI=1S/C25H26N6O5S3/c1-3-36-25(32)31-38(2,33)19-12-8-18(9-13-19)29-24-28-16-21(22-5-4-14-37-22)23(30-24)27-15-17-6-10-20(11-7-17)39(26,34)35/h4-14,16H,2-3,15H2,1H3,(H2,26,34,35)(H,31,32,33)(H2,27,28,29,30). The van der Waals surface area contributed by atoms with Crippen molar-refractivity contribution in [1.29, 1.82) is 0 Å². The molecule has 0 saturated carbocycles. The summed E-state index contributed by atoms with van der Waals surface area (Å²) in [6.07, 6.45) is 0.896. The highest BCUT2D eigenvalue weighted by Gasteiger charge is 2.14. The van der Waals surface area contributed by atoms with E-state index in [0.717, 1.165) is 16.0 Å². The van der Waals surface area contributed by atoms with Crippen LogP contribution in [0.15, 0.2) is 82.0 Å². The molecule has 4 aromatic rings. The van der Waals surface area contributed by atoms with Crippen LogP contribution in [0.25, 0.3) is 10.4 Å². The van der Waals surface area contributed by atoms with Gasteiger partial charge in [-0.2, -0.15) is 4.98 Å². The van der Waals surface area contributed by atoms with E-state index in [2.05, 4.69) is 31.2 Å². The van der Waals surface area contributed by atoms with Gasteiger partial charge in [-0.05, 0) is 66.2 Å². The first-order chi connectivity index (χ1) is 18.5. The molecule has 0 bridgehead atoms. The number of hydrogen-bond donors (Lipinski definition) is 4. The molecule has 39 heavy (non-hydrogen) atoms. The Bertz CT molecular complexity index is 1660. The zero-order valence-electron chi connectivity index (χ0n) is 20.8.